The van der Waals surface area contributed by atoms with Gasteiger partial charge in [-0.3, -0.25) is 4.79 Å². The Labute approximate surface area is 172 Å². The Balaban J connectivity index is 1.66. The molecular weight excluding hydrogens is 399 g/mol. The van der Waals surface area contributed by atoms with Gasteiger partial charge in [-0.1, -0.05) is 23.7 Å². The van der Waals surface area contributed by atoms with Crippen molar-refractivity contribution in [2.45, 2.75) is 33.0 Å². The molecular formula is C21H20ClFN2O2S. The van der Waals surface area contributed by atoms with Crippen LogP contribution < -0.4 is 4.74 Å². The number of nitrogens with zero attached hydrogens (tertiary/aromatic N) is 2. The number of hydrogen-bond donors (Lipinski definition) is 0. The molecule has 7 heteroatoms. The topological polar surface area (TPSA) is 42.4 Å². The molecule has 0 spiro atoms. The number of rotatable bonds is 7. The number of amides is 1. The first-order valence-corrected chi connectivity index (χ1v) is 10.1. The van der Waals surface area contributed by atoms with E-state index in [4.69, 9.17) is 16.3 Å². The molecule has 0 fully saturated rings. The van der Waals surface area contributed by atoms with Crippen LogP contribution in [0.1, 0.15) is 34.9 Å². The molecule has 0 saturated carbocycles. The Morgan fingerprint density at radius 3 is 2.61 bits per heavy atom. The van der Waals surface area contributed by atoms with E-state index in [1.165, 1.54) is 23.5 Å². The van der Waals surface area contributed by atoms with Crippen molar-refractivity contribution < 1.29 is 13.9 Å². The van der Waals surface area contributed by atoms with Crippen molar-refractivity contribution in [1.82, 2.24) is 9.88 Å². The van der Waals surface area contributed by atoms with Crippen molar-refractivity contribution in [3.05, 3.63) is 81.0 Å². The smallest absolute Gasteiger partial charge is 0.257 e. The summed E-state index contributed by atoms with van der Waals surface area (Å²) in [6.07, 6.45) is 0. The highest BCUT2D eigenvalue weighted by molar-refractivity contribution is 7.09. The molecule has 3 aromatic rings. The largest absolute Gasteiger partial charge is 0.486 e. The Bertz CT molecular complexity index is 944. The fourth-order valence-corrected chi connectivity index (χ4v) is 3.44. The molecule has 0 N–H and O–H groups in total. The summed E-state index contributed by atoms with van der Waals surface area (Å²) in [5.74, 6) is -0.159. The Kier molecular flexibility index (Phi) is 6.65. The molecule has 1 aromatic heterocycles. The summed E-state index contributed by atoms with van der Waals surface area (Å²) < 4.78 is 19.7. The number of hydrogen-bond acceptors (Lipinski definition) is 4. The molecule has 2 aromatic carbocycles. The van der Waals surface area contributed by atoms with Crippen LogP contribution in [-0.4, -0.2) is 21.8 Å². The van der Waals surface area contributed by atoms with E-state index < -0.39 is 5.82 Å². The van der Waals surface area contributed by atoms with Crippen LogP contribution in [-0.2, 0) is 13.2 Å². The molecule has 0 bridgehead atoms. The van der Waals surface area contributed by atoms with Crippen LogP contribution in [0.4, 0.5) is 4.39 Å². The summed E-state index contributed by atoms with van der Waals surface area (Å²) in [4.78, 5) is 18.9. The Morgan fingerprint density at radius 1 is 1.21 bits per heavy atom. The Morgan fingerprint density at radius 2 is 1.93 bits per heavy atom. The van der Waals surface area contributed by atoms with Crippen molar-refractivity contribution in [3.8, 4) is 5.75 Å². The molecule has 0 radical (unpaired) electrons. The summed E-state index contributed by atoms with van der Waals surface area (Å²) >= 11 is 7.33. The van der Waals surface area contributed by atoms with Crippen LogP contribution in [0.2, 0.25) is 5.02 Å². The highest BCUT2D eigenvalue weighted by Crippen LogP contribution is 2.20. The molecule has 0 saturated heterocycles. The number of thiazole rings is 1. The van der Waals surface area contributed by atoms with Crippen LogP contribution in [0, 0.1) is 5.82 Å². The molecule has 3 rings (SSSR count). The van der Waals surface area contributed by atoms with Gasteiger partial charge in [0, 0.05) is 16.4 Å². The zero-order valence-corrected chi connectivity index (χ0v) is 17.1. The summed E-state index contributed by atoms with van der Waals surface area (Å²) in [5, 5.41) is 3.34. The van der Waals surface area contributed by atoms with Crippen molar-refractivity contribution in [3.63, 3.8) is 0 Å². The molecule has 0 aliphatic carbocycles. The second kappa shape index (κ2) is 9.17. The summed E-state index contributed by atoms with van der Waals surface area (Å²) in [7, 11) is 0. The van der Waals surface area contributed by atoms with Gasteiger partial charge in [0.1, 0.15) is 23.2 Å². The third kappa shape index (κ3) is 5.09. The number of benzene rings is 2. The molecule has 1 amide bonds. The molecule has 0 atom stereocenters. The first kappa shape index (κ1) is 20.3. The second-order valence-corrected chi connectivity index (χ2v) is 7.86. The maximum absolute atomic E-state index is 14.0. The van der Waals surface area contributed by atoms with Crippen molar-refractivity contribution >= 4 is 28.8 Å². The van der Waals surface area contributed by atoms with E-state index in [-0.39, 0.29) is 17.5 Å². The summed E-state index contributed by atoms with van der Waals surface area (Å²) in [6, 6.07) is 13.0. The molecule has 0 unspecified atom stereocenters. The maximum atomic E-state index is 14.0. The van der Waals surface area contributed by atoms with Gasteiger partial charge in [-0.05, 0) is 50.2 Å². The van der Waals surface area contributed by atoms with E-state index in [0.717, 1.165) is 10.7 Å². The summed E-state index contributed by atoms with van der Waals surface area (Å²) in [5.41, 5.74) is 0.816. The number of carbonyl (C=O) groups is 1. The van der Waals surface area contributed by atoms with Gasteiger partial charge in [-0.2, -0.15) is 0 Å². The van der Waals surface area contributed by atoms with Gasteiger partial charge in [0.05, 0.1) is 17.8 Å². The van der Waals surface area contributed by atoms with Gasteiger partial charge in [0.2, 0.25) is 0 Å². The molecule has 0 aliphatic rings. The van der Waals surface area contributed by atoms with E-state index in [1.54, 1.807) is 41.3 Å². The highest BCUT2D eigenvalue weighted by atomic mass is 35.5. The Hall–Kier alpha value is -2.44. The van der Waals surface area contributed by atoms with Gasteiger partial charge in [0.25, 0.3) is 5.91 Å². The van der Waals surface area contributed by atoms with Crippen molar-refractivity contribution in [2.75, 3.05) is 0 Å². The van der Waals surface area contributed by atoms with Crippen LogP contribution >= 0.6 is 22.9 Å². The number of aromatic nitrogens is 1. The fourth-order valence-electron chi connectivity index (χ4n) is 2.62. The molecule has 0 aliphatic heterocycles. The average Bonchev–Trinajstić information content (AvgIpc) is 3.13. The van der Waals surface area contributed by atoms with E-state index in [9.17, 15) is 9.18 Å². The van der Waals surface area contributed by atoms with Crippen LogP contribution in [0.3, 0.4) is 0 Å². The normalized spacial score (nSPS) is 10.9. The van der Waals surface area contributed by atoms with E-state index in [2.05, 4.69) is 4.98 Å². The molecule has 1 heterocycles. The van der Waals surface area contributed by atoms with Crippen LogP contribution in [0.5, 0.6) is 5.75 Å². The third-order valence-corrected chi connectivity index (χ3v) is 5.22. The first-order chi connectivity index (χ1) is 13.4. The lowest BCUT2D eigenvalue weighted by molar-refractivity contribution is 0.0683. The van der Waals surface area contributed by atoms with E-state index >= 15 is 0 Å². The van der Waals surface area contributed by atoms with Crippen molar-refractivity contribution in [2.24, 2.45) is 0 Å². The van der Waals surface area contributed by atoms with Gasteiger partial charge in [-0.15, -0.1) is 11.3 Å². The lowest BCUT2D eigenvalue weighted by Crippen LogP contribution is -2.37. The zero-order valence-electron chi connectivity index (χ0n) is 15.6. The second-order valence-electron chi connectivity index (χ2n) is 6.48. The van der Waals surface area contributed by atoms with Crippen LogP contribution in [0.25, 0.3) is 0 Å². The SMILES string of the molecule is CC(C)N(Cc1csc(COc2ccc(Cl)cc2)n1)C(=O)c1ccccc1F. The predicted octanol–water partition coefficient (Wildman–Crippen LogP) is 5.57. The van der Waals surface area contributed by atoms with Gasteiger partial charge < -0.3 is 9.64 Å². The molecule has 4 nitrogen and oxygen atoms in total. The van der Waals surface area contributed by atoms with Gasteiger partial charge in [-0.25, -0.2) is 9.37 Å². The lowest BCUT2D eigenvalue weighted by atomic mass is 10.1. The number of carbonyl (C=O) groups excluding carboxylic acids is 1. The fraction of sp³-hybridized carbons (Fsp3) is 0.238. The minimum atomic E-state index is -0.520. The molecule has 146 valence electrons. The first-order valence-electron chi connectivity index (χ1n) is 8.81. The van der Waals surface area contributed by atoms with Gasteiger partial charge >= 0.3 is 0 Å². The number of halogens is 2. The molecule has 28 heavy (non-hydrogen) atoms. The van der Waals surface area contributed by atoms with E-state index in [0.29, 0.717) is 23.9 Å². The van der Waals surface area contributed by atoms with Gasteiger partial charge in [0.15, 0.2) is 0 Å². The van der Waals surface area contributed by atoms with E-state index in [1.807, 2.05) is 19.2 Å². The standard InChI is InChI=1S/C21H20ClFN2O2S/c1-14(2)25(21(26)18-5-3-4-6-19(18)23)11-16-13-28-20(24-16)12-27-17-9-7-15(22)8-10-17/h3-10,13-14H,11-12H2,1-2H3. The average molecular weight is 419 g/mol. The summed E-state index contributed by atoms with van der Waals surface area (Å²) in [6.45, 7) is 4.43. The monoisotopic (exact) mass is 418 g/mol. The maximum Gasteiger partial charge on any atom is 0.257 e. The van der Waals surface area contributed by atoms with Crippen LogP contribution in [0.15, 0.2) is 53.9 Å². The lowest BCUT2D eigenvalue weighted by Gasteiger charge is -2.26. The number of ether oxygens (including phenoxy) is 1. The quantitative estimate of drug-likeness (QED) is 0.504. The minimum Gasteiger partial charge on any atom is -0.486 e. The zero-order chi connectivity index (χ0) is 20.1. The van der Waals surface area contributed by atoms with Crippen molar-refractivity contribution in [1.29, 1.82) is 0 Å². The highest BCUT2D eigenvalue weighted by Gasteiger charge is 2.22. The minimum absolute atomic E-state index is 0.0673. The predicted molar refractivity (Wildman–Crippen MR) is 109 cm³/mol. The third-order valence-electron chi connectivity index (χ3n) is 4.10.